The van der Waals surface area contributed by atoms with Crippen molar-refractivity contribution in [3.63, 3.8) is 0 Å². The van der Waals surface area contributed by atoms with Gasteiger partial charge in [0.25, 0.3) is 0 Å². The Hall–Kier alpha value is -1.81. The van der Waals surface area contributed by atoms with Crippen LogP contribution < -0.4 is 5.73 Å². The Morgan fingerprint density at radius 2 is 2.12 bits per heavy atom. The lowest BCUT2D eigenvalue weighted by molar-refractivity contribution is 0.775. The third kappa shape index (κ3) is 2.85. The fourth-order valence-electron chi connectivity index (χ4n) is 1.72. The summed E-state index contributed by atoms with van der Waals surface area (Å²) < 4.78 is 0. The summed E-state index contributed by atoms with van der Waals surface area (Å²) in [6.07, 6.45) is 4.24. The summed E-state index contributed by atoms with van der Waals surface area (Å²) >= 11 is 0. The van der Waals surface area contributed by atoms with Crippen LogP contribution in [0.1, 0.15) is 35.7 Å². The van der Waals surface area contributed by atoms with Crippen molar-refractivity contribution in [2.75, 3.05) is 0 Å². The van der Waals surface area contributed by atoms with Gasteiger partial charge in [-0.3, -0.25) is 4.98 Å². The Morgan fingerprint density at radius 1 is 1.29 bits per heavy atom. The zero-order chi connectivity index (χ0) is 12.3. The van der Waals surface area contributed by atoms with Gasteiger partial charge in [0.1, 0.15) is 5.82 Å². The molecule has 0 spiro atoms. The molecule has 2 aromatic heterocycles. The van der Waals surface area contributed by atoms with Crippen LogP contribution in [-0.2, 0) is 6.42 Å². The van der Waals surface area contributed by atoms with Crippen molar-refractivity contribution in [1.29, 1.82) is 0 Å². The highest BCUT2D eigenvalue weighted by molar-refractivity contribution is 5.20. The third-order valence-electron chi connectivity index (χ3n) is 2.62. The van der Waals surface area contributed by atoms with Crippen LogP contribution >= 0.6 is 0 Å². The lowest BCUT2D eigenvalue weighted by Crippen LogP contribution is -2.10. The number of aromatic nitrogens is 3. The van der Waals surface area contributed by atoms with Gasteiger partial charge in [-0.1, -0.05) is 6.07 Å². The standard InChI is InChI=1S/C13H16N4/c1-9(14)12-8-16-13(17-10(12)2)7-11-5-3-4-6-15-11/h3-6,8-9H,7,14H2,1-2H3. The zero-order valence-electron chi connectivity index (χ0n) is 10.1. The molecule has 0 amide bonds. The molecule has 0 aliphatic carbocycles. The van der Waals surface area contributed by atoms with Gasteiger partial charge in [0.15, 0.2) is 0 Å². The quantitative estimate of drug-likeness (QED) is 0.869. The van der Waals surface area contributed by atoms with Gasteiger partial charge in [-0.25, -0.2) is 9.97 Å². The molecule has 0 saturated heterocycles. The Morgan fingerprint density at radius 3 is 2.71 bits per heavy atom. The van der Waals surface area contributed by atoms with Crippen LogP contribution in [0.4, 0.5) is 0 Å². The molecular formula is C13H16N4. The van der Waals surface area contributed by atoms with Gasteiger partial charge in [-0.15, -0.1) is 0 Å². The van der Waals surface area contributed by atoms with E-state index in [9.17, 15) is 0 Å². The Bertz CT molecular complexity index is 494. The van der Waals surface area contributed by atoms with Crippen molar-refractivity contribution in [3.05, 3.63) is 53.4 Å². The molecule has 0 aliphatic heterocycles. The van der Waals surface area contributed by atoms with Crippen LogP contribution in [0.25, 0.3) is 0 Å². The average Bonchev–Trinajstić information content (AvgIpc) is 2.30. The molecule has 0 bridgehead atoms. The number of nitrogens with two attached hydrogens (primary N) is 1. The van der Waals surface area contributed by atoms with Gasteiger partial charge < -0.3 is 5.73 Å². The monoisotopic (exact) mass is 228 g/mol. The van der Waals surface area contributed by atoms with E-state index in [1.54, 1.807) is 6.20 Å². The molecule has 0 radical (unpaired) electrons. The van der Waals surface area contributed by atoms with Crippen LogP contribution in [0.5, 0.6) is 0 Å². The van der Waals surface area contributed by atoms with Crippen molar-refractivity contribution in [1.82, 2.24) is 15.0 Å². The van der Waals surface area contributed by atoms with E-state index in [0.717, 1.165) is 22.8 Å². The maximum absolute atomic E-state index is 5.82. The largest absolute Gasteiger partial charge is 0.324 e. The number of aryl methyl sites for hydroxylation is 1. The molecular weight excluding hydrogens is 212 g/mol. The van der Waals surface area contributed by atoms with Crippen molar-refractivity contribution >= 4 is 0 Å². The maximum Gasteiger partial charge on any atom is 0.134 e. The van der Waals surface area contributed by atoms with Crippen molar-refractivity contribution < 1.29 is 0 Å². The fourth-order valence-corrected chi connectivity index (χ4v) is 1.72. The molecule has 2 rings (SSSR count). The molecule has 2 aromatic rings. The maximum atomic E-state index is 5.82. The first-order valence-corrected chi connectivity index (χ1v) is 5.64. The Balaban J connectivity index is 2.21. The van der Waals surface area contributed by atoms with E-state index >= 15 is 0 Å². The van der Waals surface area contributed by atoms with Crippen molar-refractivity contribution in [2.45, 2.75) is 26.3 Å². The first-order chi connectivity index (χ1) is 8.16. The zero-order valence-corrected chi connectivity index (χ0v) is 10.1. The topological polar surface area (TPSA) is 64.7 Å². The van der Waals surface area contributed by atoms with Gasteiger partial charge >= 0.3 is 0 Å². The first-order valence-electron chi connectivity index (χ1n) is 5.64. The fraction of sp³-hybridized carbons (Fsp3) is 0.308. The summed E-state index contributed by atoms with van der Waals surface area (Å²) in [5, 5.41) is 0. The van der Waals surface area contributed by atoms with E-state index in [1.165, 1.54) is 0 Å². The summed E-state index contributed by atoms with van der Waals surface area (Å²) in [5.41, 5.74) is 8.74. The van der Waals surface area contributed by atoms with Gasteiger partial charge in [0.05, 0.1) is 6.42 Å². The number of pyridine rings is 1. The lowest BCUT2D eigenvalue weighted by Gasteiger charge is -2.09. The van der Waals surface area contributed by atoms with Crippen LogP contribution in [0.15, 0.2) is 30.6 Å². The number of hydrogen-bond donors (Lipinski definition) is 1. The van der Waals surface area contributed by atoms with Gasteiger partial charge in [-0.2, -0.15) is 0 Å². The molecule has 4 nitrogen and oxygen atoms in total. The van der Waals surface area contributed by atoms with Crippen LogP contribution in [-0.4, -0.2) is 15.0 Å². The SMILES string of the molecule is Cc1nc(Cc2ccccn2)ncc1C(C)N. The molecule has 0 fully saturated rings. The van der Waals surface area contributed by atoms with Crippen molar-refractivity contribution in [2.24, 2.45) is 5.73 Å². The summed E-state index contributed by atoms with van der Waals surface area (Å²) in [5.74, 6) is 0.783. The van der Waals surface area contributed by atoms with Crippen LogP contribution in [0.2, 0.25) is 0 Å². The molecule has 0 saturated carbocycles. The molecule has 88 valence electrons. The van der Waals surface area contributed by atoms with E-state index in [0.29, 0.717) is 6.42 Å². The average molecular weight is 228 g/mol. The van der Waals surface area contributed by atoms with E-state index in [4.69, 9.17) is 5.73 Å². The minimum atomic E-state index is -0.0288. The highest BCUT2D eigenvalue weighted by atomic mass is 14.9. The molecule has 0 aromatic carbocycles. The number of nitrogens with zero attached hydrogens (tertiary/aromatic N) is 3. The Kier molecular flexibility index (Phi) is 3.44. The molecule has 17 heavy (non-hydrogen) atoms. The summed E-state index contributed by atoms with van der Waals surface area (Å²) in [4.78, 5) is 13.0. The predicted molar refractivity (Wildman–Crippen MR) is 66.4 cm³/mol. The van der Waals surface area contributed by atoms with Gasteiger partial charge in [0, 0.05) is 35.4 Å². The van der Waals surface area contributed by atoms with Gasteiger partial charge in [-0.05, 0) is 26.0 Å². The van der Waals surface area contributed by atoms with E-state index < -0.39 is 0 Å². The summed E-state index contributed by atoms with van der Waals surface area (Å²) in [6.45, 7) is 3.90. The first kappa shape index (κ1) is 11.7. The molecule has 4 heteroatoms. The summed E-state index contributed by atoms with van der Waals surface area (Å²) in [7, 11) is 0. The molecule has 1 unspecified atom stereocenters. The van der Waals surface area contributed by atoms with E-state index in [-0.39, 0.29) is 6.04 Å². The summed E-state index contributed by atoms with van der Waals surface area (Å²) in [6, 6.07) is 5.80. The third-order valence-corrected chi connectivity index (χ3v) is 2.62. The minimum absolute atomic E-state index is 0.0288. The van der Waals surface area contributed by atoms with Crippen LogP contribution in [0.3, 0.4) is 0 Å². The molecule has 2 N–H and O–H groups in total. The number of rotatable bonds is 3. The van der Waals surface area contributed by atoms with Gasteiger partial charge in [0.2, 0.25) is 0 Å². The predicted octanol–water partition coefficient (Wildman–Crippen LogP) is 1.79. The lowest BCUT2D eigenvalue weighted by atomic mass is 10.1. The van der Waals surface area contributed by atoms with E-state index in [1.807, 2.05) is 38.2 Å². The second-order valence-electron chi connectivity index (χ2n) is 4.11. The smallest absolute Gasteiger partial charge is 0.134 e. The normalized spacial score (nSPS) is 12.4. The highest BCUT2D eigenvalue weighted by Gasteiger charge is 2.07. The second-order valence-corrected chi connectivity index (χ2v) is 4.11. The number of hydrogen-bond acceptors (Lipinski definition) is 4. The molecule has 0 aliphatic rings. The molecule has 1 atom stereocenters. The van der Waals surface area contributed by atoms with Crippen molar-refractivity contribution in [3.8, 4) is 0 Å². The second kappa shape index (κ2) is 5.01. The highest BCUT2D eigenvalue weighted by Crippen LogP contribution is 2.12. The Labute approximate surface area is 101 Å². The molecule has 2 heterocycles. The van der Waals surface area contributed by atoms with E-state index in [2.05, 4.69) is 15.0 Å². The minimum Gasteiger partial charge on any atom is -0.324 e. The van der Waals surface area contributed by atoms with Crippen LogP contribution in [0, 0.1) is 6.92 Å².